The van der Waals surface area contributed by atoms with E-state index in [-0.39, 0.29) is 18.1 Å². The monoisotopic (exact) mass is 242 g/mol. The van der Waals surface area contributed by atoms with Crippen LogP contribution < -0.4 is 11.1 Å². The Bertz CT molecular complexity index is 440. The molecule has 4 N–H and O–H groups in total. The summed E-state index contributed by atoms with van der Waals surface area (Å²) in [5.41, 5.74) is 4.27. The summed E-state index contributed by atoms with van der Waals surface area (Å²) >= 11 is 0. The van der Waals surface area contributed by atoms with Gasteiger partial charge in [-0.25, -0.2) is 0 Å². The molecule has 1 rings (SSSR count). The molecule has 0 radical (unpaired) electrons. The minimum atomic E-state index is -0.484. The number of quaternary nitrogens is 1. The van der Waals surface area contributed by atoms with Gasteiger partial charge in [0.25, 0.3) is 0 Å². The molecule has 1 heterocycles. The highest BCUT2D eigenvalue weighted by atomic mass is 16.6. The SMILES string of the molecule is Cc1nn(CC(=O)NCC[NH3+])c(C)c1[N+](=O)[O-]. The molecule has 1 aromatic rings. The summed E-state index contributed by atoms with van der Waals surface area (Å²) in [6.45, 7) is 4.20. The fourth-order valence-corrected chi connectivity index (χ4v) is 1.53. The molecule has 0 fully saturated rings. The lowest BCUT2D eigenvalue weighted by Crippen LogP contribution is -2.55. The average Bonchev–Trinajstić information content (AvgIpc) is 2.51. The quantitative estimate of drug-likeness (QED) is 0.496. The molecule has 8 nitrogen and oxygen atoms in total. The lowest BCUT2D eigenvalue weighted by molar-refractivity contribution is -0.386. The molecule has 17 heavy (non-hydrogen) atoms. The van der Waals surface area contributed by atoms with Gasteiger partial charge in [0.1, 0.15) is 17.9 Å². The molecule has 0 aliphatic carbocycles. The molecule has 0 aliphatic heterocycles. The number of aryl methyl sites for hydroxylation is 1. The molecule has 0 saturated heterocycles. The number of nitrogens with zero attached hydrogens (tertiary/aromatic N) is 3. The van der Waals surface area contributed by atoms with Gasteiger partial charge in [0.05, 0.1) is 18.0 Å². The number of hydrogen-bond donors (Lipinski definition) is 2. The first kappa shape index (κ1) is 13.1. The number of carbonyl (C=O) groups excluding carboxylic acids is 1. The van der Waals surface area contributed by atoms with Gasteiger partial charge in [-0.3, -0.25) is 19.6 Å². The predicted octanol–water partition coefficient (Wildman–Crippen LogP) is -1.23. The van der Waals surface area contributed by atoms with E-state index in [9.17, 15) is 14.9 Å². The summed E-state index contributed by atoms with van der Waals surface area (Å²) in [5, 5.41) is 17.4. The molecule has 1 aromatic heterocycles. The lowest BCUT2D eigenvalue weighted by atomic mass is 10.3. The molecule has 94 valence electrons. The van der Waals surface area contributed by atoms with Crippen LogP contribution in [0.3, 0.4) is 0 Å². The van der Waals surface area contributed by atoms with Crippen LogP contribution in [0.25, 0.3) is 0 Å². The maximum Gasteiger partial charge on any atom is 0.312 e. The molecular weight excluding hydrogens is 226 g/mol. The van der Waals surface area contributed by atoms with Gasteiger partial charge >= 0.3 is 5.69 Å². The molecule has 0 aliphatic rings. The van der Waals surface area contributed by atoms with E-state index in [4.69, 9.17) is 0 Å². The van der Waals surface area contributed by atoms with Crippen molar-refractivity contribution in [3.05, 3.63) is 21.5 Å². The highest BCUT2D eigenvalue weighted by molar-refractivity contribution is 5.75. The third kappa shape index (κ3) is 3.00. The second kappa shape index (κ2) is 5.39. The smallest absolute Gasteiger partial charge is 0.312 e. The number of nitrogens with one attached hydrogen (secondary N) is 1. The van der Waals surface area contributed by atoms with Gasteiger partial charge in [-0.05, 0) is 13.8 Å². The Hall–Kier alpha value is -1.96. The summed E-state index contributed by atoms with van der Waals surface area (Å²) in [6.07, 6.45) is 0. The van der Waals surface area contributed by atoms with E-state index in [0.717, 1.165) is 0 Å². The van der Waals surface area contributed by atoms with Gasteiger partial charge in [0.2, 0.25) is 5.91 Å². The zero-order chi connectivity index (χ0) is 13.0. The predicted molar refractivity (Wildman–Crippen MR) is 59.1 cm³/mol. The van der Waals surface area contributed by atoms with Crippen molar-refractivity contribution in [2.24, 2.45) is 0 Å². The van der Waals surface area contributed by atoms with Crippen LogP contribution >= 0.6 is 0 Å². The van der Waals surface area contributed by atoms with Crippen LogP contribution in [0.5, 0.6) is 0 Å². The fourth-order valence-electron chi connectivity index (χ4n) is 1.53. The van der Waals surface area contributed by atoms with Gasteiger partial charge < -0.3 is 11.1 Å². The van der Waals surface area contributed by atoms with E-state index < -0.39 is 4.92 Å². The summed E-state index contributed by atoms with van der Waals surface area (Å²) < 4.78 is 1.34. The van der Waals surface area contributed by atoms with Gasteiger partial charge in [0.15, 0.2) is 0 Å². The third-order valence-electron chi connectivity index (χ3n) is 2.32. The maximum atomic E-state index is 11.4. The van der Waals surface area contributed by atoms with Crippen molar-refractivity contribution in [2.75, 3.05) is 13.1 Å². The molecule has 0 bridgehead atoms. The van der Waals surface area contributed by atoms with E-state index in [0.29, 0.717) is 24.5 Å². The zero-order valence-corrected chi connectivity index (χ0v) is 9.89. The van der Waals surface area contributed by atoms with E-state index in [1.165, 1.54) is 4.68 Å². The van der Waals surface area contributed by atoms with Crippen molar-refractivity contribution in [1.29, 1.82) is 0 Å². The Morgan fingerprint density at radius 3 is 2.71 bits per heavy atom. The van der Waals surface area contributed by atoms with Gasteiger partial charge in [0, 0.05) is 0 Å². The first-order chi connectivity index (χ1) is 7.97. The molecule has 0 saturated carbocycles. The van der Waals surface area contributed by atoms with Crippen molar-refractivity contribution >= 4 is 11.6 Å². The molecule has 0 spiro atoms. The average molecular weight is 242 g/mol. The van der Waals surface area contributed by atoms with Crippen LogP contribution in [0.15, 0.2) is 0 Å². The lowest BCUT2D eigenvalue weighted by Gasteiger charge is -2.03. The second-order valence-electron chi connectivity index (χ2n) is 3.64. The first-order valence-electron chi connectivity index (χ1n) is 5.21. The molecule has 0 atom stereocenters. The molecule has 8 heteroatoms. The Morgan fingerprint density at radius 2 is 2.24 bits per heavy atom. The zero-order valence-electron chi connectivity index (χ0n) is 9.89. The number of rotatable bonds is 5. The number of aromatic nitrogens is 2. The van der Waals surface area contributed by atoms with Crippen molar-refractivity contribution < 1.29 is 15.5 Å². The minimum absolute atomic E-state index is 0.0134. The first-order valence-corrected chi connectivity index (χ1v) is 5.21. The highest BCUT2D eigenvalue weighted by Gasteiger charge is 2.22. The van der Waals surface area contributed by atoms with Crippen molar-refractivity contribution in [3.8, 4) is 0 Å². The number of amides is 1. The number of nitro groups is 1. The second-order valence-corrected chi connectivity index (χ2v) is 3.64. The van der Waals surface area contributed by atoms with Crippen molar-refractivity contribution in [1.82, 2.24) is 15.1 Å². The summed E-state index contributed by atoms with van der Waals surface area (Å²) in [4.78, 5) is 21.7. The third-order valence-corrected chi connectivity index (χ3v) is 2.32. The van der Waals surface area contributed by atoms with E-state index in [2.05, 4.69) is 16.1 Å². The topological polar surface area (TPSA) is 118 Å². The van der Waals surface area contributed by atoms with Crippen LogP contribution in [0.4, 0.5) is 5.69 Å². The van der Waals surface area contributed by atoms with Crippen molar-refractivity contribution in [2.45, 2.75) is 20.4 Å². The summed E-state index contributed by atoms with van der Waals surface area (Å²) in [6, 6.07) is 0. The van der Waals surface area contributed by atoms with E-state index in [1.807, 2.05) is 0 Å². The molecule has 0 aromatic carbocycles. The molecule has 1 amide bonds. The Balaban J connectivity index is 2.83. The van der Waals surface area contributed by atoms with Crippen molar-refractivity contribution in [3.63, 3.8) is 0 Å². The minimum Gasteiger partial charge on any atom is -0.356 e. The summed E-state index contributed by atoms with van der Waals surface area (Å²) in [5.74, 6) is -0.228. The maximum absolute atomic E-state index is 11.4. The largest absolute Gasteiger partial charge is 0.356 e. The van der Waals surface area contributed by atoms with Gasteiger partial charge in [-0.1, -0.05) is 0 Å². The van der Waals surface area contributed by atoms with Gasteiger partial charge in [-0.15, -0.1) is 0 Å². The highest BCUT2D eigenvalue weighted by Crippen LogP contribution is 2.21. The normalized spacial score (nSPS) is 10.3. The Labute approximate surface area is 97.9 Å². The van der Waals surface area contributed by atoms with Crippen LogP contribution in [-0.4, -0.2) is 33.7 Å². The standard InChI is InChI=1S/C9H15N5O3/c1-6-9(14(16)17)7(2)13(12-6)5-8(15)11-4-3-10/h3-5,10H2,1-2H3,(H,11,15)/p+1. The Morgan fingerprint density at radius 1 is 1.59 bits per heavy atom. The molecular formula is C9H16N5O3+. The Kier molecular flexibility index (Phi) is 4.16. The van der Waals surface area contributed by atoms with E-state index >= 15 is 0 Å². The molecule has 0 unspecified atom stereocenters. The van der Waals surface area contributed by atoms with Crippen LogP contribution in [0.2, 0.25) is 0 Å². The fraction of sp³-hybridized carbons (Fsp3) is 0.556. The summed E-state index contributed by atoms with van der Waals surface area (Å²) in [7, 11) is 0. The van der Waals surface area contributed by atoms with E-state index in [1.54, 1.807) is 13.8 Å². The number of carbonyl (C=O) groups is 1. The van der Waals surface area contributed by atoms with Crippen LogP contribution in [0, 0.1) is 24.0 Å². The van der Waals surface area contributed by atoms with Gasteiger partial charge in [-0.2, -0.15) is 5.10 Å². The number of hydrogen-bond acceptors (Lipinski definition) is 4. The van der Waals surface area contributed by atoms with Crippen LogP contribution in [-0.2, 0) is 11.3 Å². The van der Waals surface area contributed by atoms with Crippen LogP contribution in [0.1, 0.15) is 11.4 Å².